The van der Waals surface area contributed by atoms with Gasteiger partial charge in [-0.1, -0.05) is 0 Å². The number of imidazole rings is 1. The summed E-state index contributed by atoms with van der Waals surface area (Å²) in [4.78, 5) is 47.5. The molecule has 0 bridgehead atoms. The fraction of sp³-hybridized carbons (Fsp3) is 0.107. The van der Waals surface area contributed by atoms with Gasteiger partial charge in [-0.05, 0) is 55.5 Å². The Hall–Kier alpha value is -5.92. The zero-order chi connectivity index (χ0) is 29.8. The number of benzene rings is 1. The highest BCUT2D eigenvalue weighted by molar-refractivity contribution is 6.02. The molecule has 0 spiro atoms. The number of halogens is 1. The molecule has 0 unspecified atom stereocenters. The van der Waals surface area contributed by atoms with Crippen molar-refractivity contribution in [1.29, 1.82) is 5.41 Å². The van der Waals surface area contributed by atoms with Crippen LogP contribution in [-0.2, 0) is 13.6 Å². The summed E-state index contributed by atoms with van der Waals surface area (Å²) < 4.78 is 23.0. The Kier molecular flexibility index (Phi) is 7.68. The minimum atomic E-state index is -0.965. The number of hydrogen-bond donors (Lipinski definition) is 3. The van der Waals surface area contributed by atoms with Crippen LogP contribution in [0.1, 0.15) is 23.1 Å². The van der Waals surface area contributed by atoms with E-state index in [1.165, 1.54) is 30.5 Å². The van der Waals surface area contributed by atoms with E-state index in [1.54, 1.807) is 31.6 Å². The van der Waals surface area contributed by atoms with Crippen LogP contribution in [0.4, 0.5) is 10.2 Å². The number of aromatic nitrogens is 6. The number of allylic oxidation sites excluding steroid dienone is 3. The van der Waals surface area contributed by atoms with Gasteiger partial charge in [0.1, 0.15) is 17.4 Å². The highest BCUT2D eigenvalue weighted by atomic mass is 19.1. The molecule has 3 N–H and O–H groups in total. The molecule has 0 fully saturated rings. The number of dihydropyridines is 1. The Morgan fingerprint density at radius 3 is 2.60 bits per heavy atom. The lowest BCUT2D eigenvalue weighted by Gasteiger charge is -2.18. The van der Waals surface area contributed by atoms with Crippen molar-refractivity contribution in [2.45, 2.75) is 13.5 Å². The molecule has 5 rings (SSSR count). The molecule has 1 amide bonds. The third-order valence-electron chi connectivity index (χ3n) is 6.03. The molecule has 0 saturated carbocycles. The fourth-order valence-electron chi connectivity index (χ4n) is 3.99. The van der Waals surface area contributed by atoms with Gasteiger partial charge in [0.15, 0.2) is 5.76 Å². The van der Waals surface area contributed by atoms with Crippen molar-refractivity contribution in [1.82, 2.24) is 34.2 Å². The van der Waals surface area contributed by atoms with E-state index in [-0.39, 0.29) is 18.1 Å². The number of nitrogens with one attached hydrogen (secondary N) is 3. The highest BCUT2D eigenvalue weighted by Gasteiger charge is 2.21. The van der Waals surface area contributed by atoms with Crippen molar-refractivity contribution in [2.75, 3.05) is 5.32 Å². The second-order valence-electron chi connectivity index (χ2n) is 8.92. The second-order valence-corrected chi connectivity index (χ2v) is 8.92. The Balaban J connectivity index is 1.38. The predicted molar refractivity (Wildman–Crippen MR) is 152 cm³/mol. The van der Waals surface area contributed by atoms with Gasteiger partial charge in [0.2, 0.25) is 5.69 Å². The molecule has 1 aliphatic rings. The van der Waals surface area contributed by atoms with Gasteiger partial charge in [0, 0.05) is 37.8 Å². The monoisotopic (exact) mass is 569 g/mol. The van der Waals surface area contributed by atoms with E-state index in [2.05, 4.69) is 25.7 Å². The zero-order valence-electron chi connectivity index (χ0n) is 22.4. The van der Waals surface area contributed by atoms with E-state index in [0.717, 1.165) is 38.9 Å². The molecule has 3 aromatic heterocycles. The highest BCUT2D eigenvalue weighted by Crippen LogP contribution is 2.25. The van der Waals surface area contributed by atoms with Crippen molar-refractivity contribution >= 4 is 23.5 Å². The molecule has 14 heteroatoms. The predicted octanol–water partition coefficient (Wildman–Crippen LogP) is 2.37. The van der Waals surface area contributed by atoms with Gasteiger partial charge in [-0.2, -0.15) is 5.10 Å². The molecule has 4 heterocycles. The minimum absolute atomic E-state index is 0.0846. The maximum Gasteiger partial charge on any atom is 0.352 e. The quantitative estimate of drug-likeness (QED) is 0.273. The van der Waals surface area contributed by atoms with Crippen molar-refractivity contribution in [3.63, 3.8) is 0 Å². The number of ether oxygens (including phenoxy) is 1. The van der Waals surface area contributed by atoms with Crippen molar-refractivity contribution in [3.8, 4) is 11.4 Å². The molecule has 0 atom stereocenters. The van der Waals surface area contributed by atoms with Gasteiger partial charge < -0.3 is 25.3 Å². The van der Waals surface area contributed by atoms with Crippen LogP contribution in [-0.4, -0.2) is 41.0 Å². The number of rotatable bonds is 8. The molecule has 13 nitrogen and oxygen atoms in total. The van der Waals surface area contributed by atoms with Gasteiger partial charge in [-0.25, -0.2) is 28.4 Å². The third-order valence-corrected chi connectivity index (χ3v) is 6.03. The lowest BCUT2D eigenvalue weighted by Crippen LogP contribution is -2.44. The lowest BCUT2D eigenvalue weighted by atomic mass is 10.1. The molecule has 42 heavy (non-hydrogen) atoms. The number of carbonyl (C=O) groups is 1. The SMILES string of the molecule is CCn1nc(C(=O)Nc2ccc(OC3=CC(c4cn(C)cn4)=CN/C3=C\C=N)cn2)c(=O)n(-c2ccc(F)cc2)c1=O. The lowest BCUT2D eigenvalue weighted by molar-refractivity contribution is 0.101. The maximum atomic E-state index is 13.4. The van der Waals surface area contributed by atoms with Gasteiger partial charge in [0.25, 0.3) is 11.5 Å². The van der Waals surface area contributed by atoms with Crippen LogP contribution < -0.4 is 26.6 Å². The number of carbonyl (C=O) groups excluding carboxylic acids is 1. The van der Waals surface area contributed by atoms with E-state index >= 15 is 0 Å². The van der Waals surface area contributed by atoms with E-state index < -0.39 is 28.7 Å². The van der Waals surface area contributed by atoms with E-state index in [1.807, 2.05) is 17.8 Å². The normalized spacial score (nSPS) is 13.6. The summed E-state index contributed by atoms with van der Waals surface area (Å²) >= 11 is 0. The summed E-state index contributed by atoms with van der Waals surface area (Å²) in [5.74, 6) is -0.602. The van der Waals surface area contributed by atoms with Crippen LogP contribution in [0.3, 0.4) is 0 Å². The second kappa shape index (κ2) is 11.7. The first-order chi connectivity index (χ1) is 20.3. The van der Waals surface area contributed by atoms with Crippen molar-refractivity contribution in [2.24, 2.45) is 7.05 Å². The van der Waals surface area contributed by atoms with Crippen LogP contribution in [0.15, 0.2) is 94.5 Å². The molecule has 1 aliphatic heterocycles. The molecule has 0 saturated heterocycles. The summed E-state index contributed by atoms with van der Waals surface area (Å²) in [6.07, 6.45) is 11.1. The summed E-state index contributed by atoms with van der Waals surface area (Å²) in [7, 11) is 1.86. The third kappa shape index (κ3) is 5.67. The Bertz CT molecular complexity index is 1880. The van der Waals surface area contributed by atoms with Crippen molar-refractivity contribution < 1.29 is 13.9 Å². The molecule has 0 radical (unpaired) electrons. The van der Waals surface area contributed by atoms with Crippen LogP contribution in [0.5, 0.6) is 5.75 Å². The average Bonchev–Trinajstić information content (AvgIpc) is 3.42. The standard InChI is InChI=1S/C28H24FN9O4/c1-3-37-28(41)38(19-6-4-18(29)5-7-19)27(40)25(35-37)26(39)34-24-9-8-20(14-32-24)42-23-12-17(13-31-21(23)10-11-30)22-15-36(2)16-33-22/h4-16,30-31H,3H2,1-2H3,(H,32,34,39)/b21-10-,30-11?. The first-order valence-corrected chi connectivity index (χ1v) is 12.6. The molecular formula is C28H24FN9O4. The Morgan fingerprint density at radius 2 is 1.95 bits per heavy atom. The zero-order valence-corrected chi connectivity index (χ0v) is 22.4. The summed E-state index contributed by atoms with van der Waals surface area (Å²) in [5.41, 5.74) is -0.168. The van der Waals surface area contributed by atoms with Gasteiger partial charge in [-0.15, -0.1) is 0 Å². The first-order valence-electron chi connectivity index (χ1n) is 12.6. The molecule has 1 aromatic carbocycles. The molecule has 0 aliphatic carbocycles. The summed E-state index contributed by atoms with van der Waals surface area (Å²) in [6.45, 7) is 1.71. The molecule has 212 valence electrons. The fourth-order valence-corrected chi connectivity index (χ4v) is 3.99. The number of hydrogen-bond acceptors (Lipinski definition) is 9. The maximum absolute atomic E-state index is 13.4. The number of nitrogens with zero attached hydrogens (tertiary/aromatic N) is 6. The Morgan fingerprint density at radius 1 is 1.17 bits per heavy atom. The van der Waals surface area contributed by atoms with Crippen LogP contribution in [0.25, 0.3) is 11.3 Å². The number of amides is 1. The van der Waals surface area contributed by atoms with Gasteiger partial charge in [-0.3, -0.25) is 9.59 Å². The van der Waals surface area contributed by atoms with Crippen LogP contribution >= 0.6 is 0 Å². The topological polar surface area (TPSA) is 162 Å². The average molecular weight is 570 g/mol. The van der Waals surface area contributed by atoms with Crippen LogP contribution in [0.2, 0.25) is 0 Å². The summed E-state index contributed by atoms with van der Waals surface area (Å²) in [6, 6.07) is 7.74. The number of pyridine rings is 1. The van der Waals surface area contributed by atoms with E-state index in [4.69, 9.17) is 10.1 Å². The number of anilines is 1. The Labute approximate surface area is 237 Å². The van der Waals surface area contributed by atoms with Crippen molar-refractivity contribution in [3.05, 3.63) is 123 Å². The first kappa shape index (κ1) is 27.6. The van der Waals surface area contributed by atoms with E-state index in [0.29, 0.717) is 17.2 Å². The smallest absolute Gasteiger partial charge is 0.352 e. The van der Waals surface area contributed by atoms with Gasteiger partial charge in [0.05, 0.1) is 29.6 Å². The summed E-state index contributed by atoms with van der Waals surface area (Å²) in [5, 5.41) is 17.0. The van der Waals surface area contributed by atoms with E-state index in [9.17, 15) is 18.8 Å². The van der Waals surface area contributed by atoms with Gasteiger partial charge >= 0.3 is 5.69 Å². The largest absolute Gasteiger partial charge is 0.454 e. The minimum Gasteiger partial charge on any atom is -0.454 e. The molecule has 4 aromatic rings. The van der Waals surface area contributed by atoms with Crippen LogP contribution in [0, 0.1) is 11.2 Å². The molecular weight excluding hydrogens is 545 g/mol. The number of aryl methyl sites for hydroxylation is 2.